The van der Waals surface area contributed by atoms with E-state index in [1.807, 2.05) is 0 Å². The van der Waals surface area contributed by atoms with E-state index in [0.29, 0.717) is 10.2 Å². The van der Waals surface area contributed by atoms with Crippen LogP contribution in [-0.2, 0) is 19.4 Å². The topological polar surface area (TPSA) is 82.6 Å². The number of alkyl halides is 2. The van der Waals surface area contributed by atoms with Crippen molar-refractivity contribution < 1.29 is 27.1 Å². The Morgan fingerprint density at radius 2 is 1.96 bits per heavy atom. The highest BCUT2D eigenvalue weighted by atomic mass is 79.9. The average molecular weight is 523 g/mol. The number of pyridine rings is 1. The Bertz CT molecular complexity index is 1010. The fraction of sp³-hybridized carbons (Fsp3) is 0.294. The third kappa shape index (κ3) is 4.02. The number of fused-ring (bicyclic) bond motifs is 1. The summed E-state index contributed by atoms with van der Waals surface area (Å²) in [7, 11) is -3.69. The van der Waals surface area contributed by atoms with E-state index in [2.05, 4.69) is 36.8 Å². The standard InChI is InChI=1S/C17H14Br2FNO5S/c1-8(22)25-17-14-12(27(2,23)24)4-3-11(13(14)15(19)16(17)20)26-10-5-9(18)6-21-7-10/h3-7,15-17H,1-2H3/t15?,16-,17+/m1/s1. The van der Waals surface area contributed by atoms with E-state index in [9.17, 15) is 17.6 Å². The fourth-order valence-corrected chi connectivity index (χ4v) is 4.97. The number of rotatable bonds is 4. The lowest BCUT2D eigenvalue weighted by Gasteiger charge is -2.17. The van der Waals surface area contributed by atoms with Crippen LogP contribution in [0, 0.1) is 0 Å². The molecule has 0 aliphatic heterocycles. The van der Waals surface area contributed by atoms with E-state index >= 15 is 0 Å². The Morgan fingerprint density at radius 3 is 2.56 bits per heavy atom. The minimum absolute atomic E-state index is 0.0857. The van der Waals surface area contributed by atoms with E-state index in [0.717, 1.165) is 13.2 Å². The number of benzene rings is 1. The highest BCUT2D eigenvalue weighted by Crippen LogP contribution is 2.54. The van der Waals surface area contributed by atoms with Gasteiger partial charge in [-0.1, -0.05) is 15.9 Å². The van der Waals surface area contributed by atoms with Gasteiger partial charge in [-0.3, -0.25) is 9.78 Å². The minimum atomic E-state index is -3.69. The Balaban J connectivity index is 2.19. The third-order valence-electron chi connectivity index (χ3n) is 3.94. The van der Waals surface area contributed by atoms with Crippen LogP contribution >= 0.6 is 31.9 Å². The lowest BCUT2D eigenvalue weighted by atomic mass is 10.1. The van der Waals surface area contributed by atoms with E-state index in [4.69, 9.17) is 9.47 Å². The SMILES string of the molecule is CC(=O)O[C@H]1c2c(S(C)(=O)=O)ccc(Oc3cncc(Br)c3)c2C(Br)[C@H]1F. The molecule has 1 aromatic heterocycles. The first kappa shape index (κ1) is 20.2. The van der Waals surface area contributed by atoms with Crippen LogP contribution in [-0.4, -0.2) is 31.8 Å². The van der Waals surface area contributed by atoms with Crippen LogP contribution in [0.15, 0.2) is 40.0 Å². The van der Waals surface area contributed by atoms with Gasteiger partial charge in [0.2, 0.25) is 0 Å². The van der Waals surface area contributed by atoms with E-state index in [1.54, 1.807) is 12.3 Å². The summed E-state index contributed by atoms with van der Waals surface area (Å²) in [6, 6.07) is 4.44. The number of hydrogen-bond donors (Lipinski definition) is 0. The highest BCUT2D eigenvalue weighted by molar-refractivity contribution is 9.10. The van der Waals surface area contributed by atoms with Crippen LogP contribution in [0.2, 0.25) is 0 Å². The molecule has 0 N–H and O–H groups in total. The molecule has 1 aliphatic carbocycles. The predicted octanol–water partition coefficient (Wildman–Crippen LogP) is 4.43. The molecule has 3 rings (SSSR count). The Kier molecular flexibility index (Phi) is 5.60. The molecule has 1 heterocycles. The van der Waals surface area contributed by atoms with Gasteiger partial charge in [-0.05, 0) is 34.1 Å². The van der Waals surface area contributed by atoms with Gasteiger partial charge >= 0.3 is 5.97 Å². The molecule has 1 unspecified atom stereocenters. The van der Waals surface area contributed by atoms with E-state index in [-0.39, 0.29) is 21.8 Å². The molecule has 0 spiro atoms. The maximum absolute atomic E-state index is 14.9. The second-order valence-corrected chi connectivity index (χ2v) is 9.86. The number of carbonyl (C=O) groups excluding carboxylic acids is 1. The van der Waals surface area contributed by atoms with Crippen molar-refractivity contribution in [3.8, 4) is 11.5 Å². The number of carbonyl (C=O) groups is 1. The van der Waals surface area contributed by atoms with Gasteiger partial charge in [-0.2, -0.15) is 0 Å². The monoisotopic (exact) mass is 521 g/mol. The number of aromatic nitrogens is 1. The van der Waals surface area contributed by atoms with Gasteiger partial charge in [-0.15, -0.1) is 0 Å². The van der Waals surface area contributed by atoms with Gasteiger partial charge < -0.3 is 9.47 Å². The first-order chi connectivity index (χ1) is 12.6. The van der Waals surface area contributed by atoms with Gasteiger partial charge in [0.25, 0.3) is 0 Å². The molecule has 0 saturated heterocycles. The summed E-state index contributed by atoms with van der Waals surface area (Å²) in [5, 5.41) is 0. The zero-order valence-corrected chi connectivity index (χ0v) is 18.1. The van der Waals surface area contributed by atoms with Crippen molar-refractivity contribution >= 4 is 47.7 Å². The van der Waals surface area contributed by atoms with Gasteiger partial charge in [0.1, 0.15) is 11.5 Å². The number of hydrogen-bond acceptors (Lipinski definition) is 6. The zero-order valence-electron chi connectivity index (χ0n) is 14.1. The number of nitrogens with zero attached hydrogens (tertiary/aromatic N) is 1. The Hall–Kier alpha value is -1.52. The van der Waals surface area contributed by atoms with Crippen LogP contribution in [0.5, 0.6) is 11.5 Å². The highest BCUT2D eigenvalue weighted by Gasteiger charge is 2.47. The lowest BCUT2D eigenvalue weighted by molar-refractivity contribution is -0.149. The average Bonchev–Trinajstić information content (AvgIpc) is 2.79. The van der Waals surface area contributed by atoms with Crippen molar-refractivity contribution in [2.45, 2.75) is 28.9 Å². The molecule has 3 atom stereocenters. The molecule has 0 bridgehead atoms. The summed E-state index contributed by atoms with van der Waals surface area (Å²) in [4.78, 5) is 14.4. The molecule has 27 heavy (non-hydrogen) atoms. The molecule has 6 nitrogen and oxygen atoms in total. The van der Waals surface area contributed by atoms with E-state index < -0.39 is 32.9 Å². The number of ether oxygens (including phenoxy) is 2. The molecular formula is C17H14Br2FNO5S. The zero-order chi connectivity index (χ0) is 19.9. The van der Waals surface area contributed by atoms with Crippen LogP contribution in [0.3, 0.4) is 0 Å². The molecule has 0 saturated carbocycles. The van der Waals surface area contributed by atoms with Crippen LogP contribution in [0.25, 0.3) is 0 Å². The largest absolute Gasteiger partial charge is 0.455 e. The second-order valence-electron chi connectivity index (χ2n) is 5.98. The van der Waals surface area contributed by atoms with Gasteiger partial charge in [0, 0.05) is 35.0 Å². The van der Waals surface area contributed by atoms with Crippen LogP contribution in [0.1, 0.15) is 29.0 Å². The quantitative estimate of drug-likeness (QED) is 0.436. The summed E-state index contributed by atoms with van der Waals surface area (Å²) in [5.74, 6) is -0.0848. The third-order valence-corrected chi connectivity index (χ3v) is 6.49. The molecule has 0 amide bonds. The Morgan fingerprint density at radius 1 is 1.26 bits per heavy atom. The first-order valence-corrected chi connectivity index (χ1v) is 11.3. The molecule has 0 radical (unpaired) electrons. The molecule has 0 fully saturated rings. The van der Waals surface area contributed by atoms with Crippen LogP contribution < -0.4 is 4.74 Å². The summed E-state index contributed by atoms with van der Waals surface area (Å²) in [6.45, 7) is 1.14. The summed E-state index contributed by atoms with van der Waals surface area (Å²) < 4.78 is 50.9. The summed E-state index contributed by atoms with van der Waals surface area (Å²) in [6.07, 6.45) is 1.04. The number of esters is 1. The van der Waals surface area contributed by atoms with Crippen molar-refractivity contribution in [3.05, 3.63) is 46.2 Å². The fourth-order valence-electron chi connectivity index (χ4n) is 2.94. The number of halogens is 3. The Labute approximate surface area is 172 Å². The first-order valence-electron chi connectivity index (χ1n) is 7.70. The lowest BCUT2D eigenvalue weighted by Crippen LogP contribution is -2.17. The smallest absolute Gasteiger partial charge is 0.303 e. The maximum atomic E-state index is 14.9. The molecule has 144 valence electrons. The molecule has 10 heteroatoms. The van der Waals surface area contributed by atoms with Crippen molar-refractivity contribution in [3.63, 3.8) is 0 Å². The van der Waals surface area contributed by atoms with Crippen LogP contribution in [0.4, 0.5) is 4.39 Å². The normalized spacial score (nSPS) is 21.6. The van der Waals surface area contributed by atoms with Gasteiger partial charge in [0.15, 0.2) is 22.1 Å². The summed E-state index contributed by atoms with van der Waals surface area (Å²) >= 11 is 6.53. The molecule has 1 aromatic carbocycles. The summed E-state index contributed by atoms with van der Waals surface area (Å²) in [5.41, 5.74) is 0.374. The minimum Gasteiger partial charge on any atom is -0.455 e. The van der Waals surface area contributed by atoms with Gasteiger partial charge in [0.05, 0.1) is 15.9 Å². The molecular weight excluding hydrogens is 509 g/mol. The molecule has 1 aliphatic rings. The van der Waals surface area contributed by atoms with Gasteiger partial charge in [-0.25, -0.2) is 12.8 Å². The maximum Gasteiger partial charge on any atom is 0.303 e. The van der Waals surface area contributed by atoms with Crippen molar-refractivity contribution in [2.24, 2.45) is 0 Å². The number of sulfone groups is 1. The predicted molar refractivity (Wildman–Crippen MR) is 103 cm³/mol. The van der Waals surface area contributed by atoms with E-state index in [1.165, 1.54) is 18.3 Å². The van der Waals surface area contributed by atoms with Crippen molar-refractivity contribution in [1.82, 2.24) is 4.98 Å². The van der Waals surface area contributed by atoms with Crippen molar-refractivity contribution in [1.29, 1.82) is 0 Å². The van der Waals surface area contributed by atoms with Crippen molar-refractivity contribution in [2.75, 3.05) is 6.26 Å². The second kappa shape index (κ2) is 7.48. The molecule has 2 aromatic rings.